The van der Waals surface area contributed by atoms with Crippen LogP contribution in [0.2, 0.25) is 0 Å². The van der Waals surface area contributed by atoms with Crippen LogP contribution in [0.15, 0.2) is 24.3 Å². The number of hydrogen-bond acceptors (Lipinski definition) is 3. The lowest BCUT2D eigenvalue weighted by atomic mass is 9.94. The summed E-state index contributed by atoms with van der Waals surface area (Å²) in [6.07, 6.45) is 2.92. The lowest BCUT2D eigenvalue weighted by molar-refractivity contribution is -0.133. The van der Waals surface area contributed by atoms with E-state index in [1.165, 1.54) is 12.0 Å². The summed E-state index contributed by atoms with van der Waals surface area (Å²) < 4.78 is 5.18. The van der Waals surface area contributed by atoms with E-state index in [-0.39, 0.29) is 11.8 Å². The van der Waals surface area contributed by atoms with Gasteiger partial charge in [0.1, 0.15) is 5.75 Å². The molecule has 1 aliphatic heterocycles. The second kappa shape index (κ2) is 8.18. The van der Waals surface area contributed by atoms with Crippen LogP contribution in [-0.4, -0.2) is 44.6 Å². The van der Waals surface area contributed by atoms with Gasteiger partial charge in [-0.25, -0.2) is 0 Å². The number of carbonyl (C=O) groups is 1. The third kappa shape index (κ3) is 4.47. The number of hydrogen-bond donors (Lipinski definition) is 1. The number of amides is 1. The summed E-state index contributed by atoms with van der Waals surface area (Å²) >= 11 is 0. The summed E-state index contributed by atoms with van der Waals surface area (Å²) in [5.41, 5.74) is 1.19. The van der Waals surface area contributed by atoms with Crippen molar-refractivity contribution in [2.24, 2.45) is 5.92 Å². The minimum absolute atomic E-state index is 0.239. The van der Waals surface area contributed by atoms with Gasteiger partial charge in [0.2, 0.25) is 5.91 Å². The Kier molecular flexibility index (Phi) is 6.25. The monoisotopic (exact) mass is 304 g/mol. The molecule has 1 N–H and O–H groups in total. The molecular weight excluding hydrogens is 276 g/mol. The van der Waals surface area contributed by atoms with Crippen molar-refractivity contribution in [3.05, 3.63) is 29.8 Å². The summed E-state index contributed by atoms with van der Waals surface area (Å²) in [6, 6.07) is 8.02. The predicted molar refractivity (Wildman–Crippen MR) is 89.3 cm³/mol. The first-order valence-corrected chi connectivity index (χ1v) is 8.20. The van der Waals surface area contributed by atoms with E-state index in [0.717, 1.165) is 31.8 Å². The highest BCUT2D eigenvalue weighted by atomic mass is 16.5. The van der Waals surface area contributed by atoms with Crippen molar-refractivity contribution >= 4 is 5.91 Å². The number of nitrogens with one attached hydrogen (secondary N) is 1. The Bertz CT molecular complexity index is 470. The lowest BCUT2D eigenvalue weighted by Crippen LogP contribution is -2.42. The highest BCUT2D eigenvalue weighted by Gasteiger charge is 2.24. The number of rotatable bonds is 6. The molecule has 0 aromatic heterocycles. The van der Waals surface area contributed by atoms with Crippen LogP contribution in [0.25, 0.3) is 0 Å². The first kappa shape index (κ1) is 16.8. The molecule has 1 fully saturated rings. The SMILES string of the molecule is CNCC1CCCN(C(=O)CC(C)c2ccc(OC)cc2)C1. The molecule has 1 aliphatic rings. The molecule has 4 heteroatoms. The smallest absolute Gasteiger partial charge is 0.223 e. The van der Waals surface area contributed by atoms with Gasteiger partial charge in [-0.3, -0.25) is 4.79 Å². The van der Waals surface area contributed by atoms with Crippen LogP contribution < -0.4 is 10.1 Å². The maximum atomic E-state index is 12.5. The first-order valence-electron chi connectivity index (χ1n) is 8.20. The maximum Gasteiger partial charge on any atom is 0.223 e. The van der Waals surface area contributed by atoms with Crippen molar-refractivity contribution in [2.45, 2.75) is 32.1 Å². The summed E-state index contributed by atoms with van der Waals surface area (Å²) in [6.45, 7) is 4.93. The minimum atomic E-state index is 0.239. The lowest BCUT2D eigenvalue weighted by Gasteiger charge is -2.33. The van der Waals surface area contributed by atoms with Gasteiger partial charge in [0.15, 0.2) is 0 Å². The third-order valence-corrected chi connectivity index (χ3v) is 4.53. The zero-order valence-electron chi connectivity index (χ0n) is 14.0. The first-order chi connectivity index (χ1) is 10.6. The average Bonchev–Trinajstić information content (AvgIpc) is 2.55. The van der Waals surface area contributed by atoms with Crippen LogP contribution in [0.4, 0.5) is 0 Å². The molecule has 1 aromatic carbocycles. The molecule has 0 spiro atoms. The van der Waals surface area contributed by atoms with Gasteiger partial charge in [-0.1, -0.05) is 19.1 Å². The maximum absolute atomic E-state index is 12.5. The van der Waals surface area contributed by atoms with Crippen molar-refractivity contribution in [3.8, 4) is 5.75 Å². The fourth-order valence-electron chi connectivity index (χ4n) is 3.19. The highest BCUT2D eigenvalue weighted by Crippen LogP contribution is 2.24. The van der Waals surface area contributed by atoms with Crippen LogP contribution in [0.5, 0.6) is 5.75 Å². The second-order valence-electron chi connectivity index (χ2n) is 6.28. The molecule has 0 bridgehead atoms. The topological polar surface area (TPSA) is 41.6 Å². The zero-order valence-corrected chi connectivity index (χ0v) is 14.0. The summed E-state index contributed by atoms with van der Waals surface area (Å²) in [5.74, 6) is 1.97. The van der Waals surface area contributed by atoms with Gasteiger partial charge in [0.25, 0.3) is 0 Å². The number of likely N-dealkylation sites (tertiary alicyclic amines) is 1. The zero-order chi connectivity index (χ0) is 15.9. The Morgan fingerprint density at radius 2 is 2.14 bits per heavy atom. The molecule has 2 rings (SSSR count). The van der Waals surface area contributed by atoms with Crippen molar-refractivity contribution < 1.29 is 9.53 Å². The van der Waals surface area contributed by atoms with E-state index in [0.29, 0.717) is 12.3 Å². The normalized spacial score (nSPS) is 19.8. The Morgan fingerprint density at radius 3 is 2.77 bits per heavy atom. The summed E-state index contributed by atoms with van der Waals surface area (Å²) in [7, 11) is 3.65. The quantitative estimate of drug-likeness (QED) is 0.878. The Hall–Kier alpha value is -1.55. The van der Waals surface area contributed by atoms with Gasteiger partial charge in [-0.05, 0) is 56.0 Å². The van der Waals surface area contributed by atoms with Crippen molar-refractivity contribution in [2.75, 3.05) is 33.8 Å². The number of carbonyl (C=O) groups excluding carboxylic acids is 1. The Balaban J connectivity index is 1.89. The molecule has 1 amide bonds. The van der Waals surface area contributed by atoms with Crippen molar-refractivity contribution in [1.29, 1.82) is 0 Å². The minimum Gasteiger partial charge on any atom is -0.497 e. The van der Waals surface area contributed by atoms with E-state index >= 15 is 0 Å². The third-order valence-electron chi connectivity index (χ3n) is 4.53. The molecular formula is C18H28N2O2. The number of methoxy groups -OCH3 is 1. The van der Waals surface area contributed by atoms with Crippen LogP contribution in [0, 0.1) is 5.92 Å². The highest BCUT2D eigenvalue weighted by molar-refractivity contribution is 5.77. The largest absolute Gasteiger partial charge is 0.497 e. The average molecular weight is 304 g/mol. The molecule has 22 heavy (non-hydrogen) atoms. The molecule has 1 heterocycles. The fourth-order valence-corrected chi connectivity index (χ4v) is 3.19. The fraction of sp³-hybridized carbons (Fsp3) is 0.611. The molecule has 0 aliphatic carbocycles. The predicted octanol–water partition coefficient (Wildman–Crippen LogP) is 2.65. The molecule has 1 aromatic rings. The van der Waals surface area contributed by atoms with Crippen LogP contribution in [-0.2, 0) is 4.79 Å². The van der Waals surface area contributed by atoms with E-state index in [4.69, 9.17) is 4.74 Å². The molecule has 0 radical (unpaired) electrons. The van der Waals surface area contributed by atoms with Gasteiger partial charge >= 0.3 is 0 Å². The summed E-state index contributed by atoms with van der Waals surface area (Å²) in [4.78, 5) is 14.6. The molecule has 122 valence electrons. The van der Waals surface area contributed by atoms with E-state index < -0.39 is 0 Å². The van der Waals surface area contributed by atoms with Gasteiger partial charge in [-0.15, -0.1) is 0 Å². The van der Waals surface area contributed by atoms with Gasteiger partial charge in [0, 0.05) is 19.5 Å². The molecule has 2 unspecified atom stereocenters. The number of ether oxygens (including phenoxy) is 1. The molecule has 0 saturated carbocycles. The Morgan fingerprint density at radius 1 is 1.41 bits per heavy atom. The number of benzene rings is 1. The van der Waals surface area contributed by atoms with E-state index in [1.54, 1.807) is 7.11 Å². The molecule has 4 nitrogen and oxygen atoms in total. The molecule has 2 atom stereocenters. The van der Waals surface area contributed by atoms with Crippen molar-refractivity contribution in [1.82, 2.24) is 10.2 Å². The standard InChI is InChI=1S/C18H28N2O2/c1-14(16-6-8-17(22-3)9-7-16)11-18(21)20-10-4-5-15(13-20)12-19-2/h6-9,14-15,19H,4-5,10-13H2,1-3H3. The van der Waals surface area contributed by atoms with Gasteiger partial charge < -0.3 is 15.0 Å². The van der Waals surface area contributed by atoms with E-state index in [2.05, 4.69) is 24.4 Å². The van der Waals surface area contributed by atoms with E-state index in [1.807, 2.05) is 24.1 Å². The van der Waals surface area contributed by atoms with Crippen molar-refractivity contribution in [3.63, 3.8) is 0 Å². The van der Waals surface area contributed by atoms with Crippen LogP contribution >= 0.6 is 0 Å². The number of piperidine rings is 1. The van der Waals surface area contributed by atoms with Crippen LogP contribution in [0.3, 0.4) is 0 Å². The molecule has 1 saturated heterocycles. The summed E-state index contributed by atoms with van der Waals surface area (Å²) in [5, 5.41) is 3.22. The van der Waals surface area contributed by atoms with E-state index in [9.17, 15) is 4.79 Å². The Labute approximate surface area is 133 Å². The number of nitrogens with zero attached hydrogens (tertiary/aromatic N) is 1. The second-order valence-corrected chi connectivity index (χ2v) is 6.28. The van der Waals surface area contributed by atoms with Gasteiger partial charge in [0.05, 0.1) is 7.11 Å². The van der Waals surface area contributed by atoms with Gasteiger partial charge in [-0.2, -0.15) is 0 Å². The van der Waals surface area contributed by atoms with Crippen LogP contribution in [0.1, 0.15) is 37.7 Å².